The van der Waals surface area contributed by atoms with Crippen LogP contribution in [0, 0.1) is 37.0 Å². The molecule has 1 aliphatic carbocycles. The Morgan fingerprint density at radius 3 is 1.96 bits per heavy atom. The molecule has 1 heterocycles. The second-order valence-corrected chi connectivity index (χ2v) is 10.6. The van der Waals surface area contributed by atoms with Crippen molar-refractivity contribution in [1.82, 2.24) is 0 Å². The van der Waals surface area contributed by atoms with Crippen LogP contribution in [0.3, 0.4) is 0 Å². The van der Waals surface area contributed by atoms with E-state index in [1.165, 1.54) is 40.8 Å². The zero-order valence-corrected chi connectivity index (χ0v) is 17.5. The Hall–Kier alpha value is -0.980. The molecule has 3 rings (SSSR count). The number of hydrogen-bond acceptors (Lipinski definition) is 1. The topological polar surface area (TPSA) is 9.23 Å². The molecule has 1 spiro atoms. The lowest BCUT2D eigenvalue weighted by Crippen LogP contribution is -2.50. The summed E-state index contributed by atoms with van der Waals surface area (Å²) in [6.45, 7) is 23.8. The van der Waals surface area contributed by atoms with Gasteiger partial charge in [0.15, 0.2) is 0 Å². The van der Waals surface area contributed by atoms with Crippen LogP contribution in [0.5, 0.6) is 5.75 Å². The summed E-state index contributed by atoms with van der Waals surface area (Å²) in [5.41, 5.74) is 6.03. The standard InChI is InChI=1S/C23H36O/c1-14-13-15(2)17-18(16(14)3)24-23(11-12-23)22(9,10)21(7,8)19(17)20(4,5)6/h13,19H,11-12H2,1-10H3. The Morgan fingerprint density at radius 2 is 1.50 bits per heavy atom. The highest BCUT2D eigenvalue weighted by Gasteiger charge is 2.67. The van der Waals surface area contributed by atoms with Gasteiger partial charge in [-0.15, -0.1) is 0 Å². The Morgan fingerprint density at radius 1 is 0.958 bits per heavy atom. The molecule has 1 aliphatic heterocycles. The number of fused-ring (bicyclic) bond motifs is 1. The SMILES string of the molecule is Cc1cc(C)c2c(c1C)OC1(CC1)C(C)(C)C(C)(C)C2C(C)(C)C. The molecule has 134 valence electrons. The molecule has 0 bridgehead atoms. The largest absolute Gasteiger partial charge is 0.486 e. The van der Waals surface area contributed by atoms with Crippen molar-refractivity contribution in [3.63, 3.8) is 0 Å². The molecular weight excluding hydrogens is 292 g/mol. The van der Waals surface area contributed by atoms with Crippen molar-refractivity contribution >= 4 is 0 Å². The molecule has 0 radical (unpaired) electrons. The van der Waals surface area contributed by atoms with Crippen molar-refractivity contribution in [2.24, 2.45) is 16.2 Å². The second-order valence-electron chi connectivity index (χ2n) is 10.6. The molecule has 1 saturated carbocycles. The van der Waals surface area contributed by atoms with Gasteiger partial charge in [-0.2, -0.15) is 0 Å². The number of aryl methyl sites for hydroxylation is 2. The van der Waals surface area contributed by atoms with Crippen LogP contribution in [-0.4, -0.2) is 5.60 Å². The van der Waals surface area contributed by atoms with E-state index in [1.54, 1.807) is 0 Å². The van der Waals surface area contributed by atoms with Gasteiger partial charge in [0.05, 0.1) is 0 Å². The lowest BCUT2D eigenvalue weighted by atomic mass is 9.51. The molecule has 0 N–H and O–H groups in total. The summed E-state index contributed by atoms with van der Waals surface area (Å²) in [6.07, 6.45) is 2.37. The highest BCUT2D eigenvalue weighted by Crippen LogP contribution is 2.69. The minimum Gasteiger partial charge on any atom is -0.486 e. The van der Waals surface area contributed by atoms with Crippen molar-refractivity contribution < 1.29 is 4.74 Å². The van der Waals surface area contributed by atoms with Crippen molar-refractivity contribution in [2.45, 2.75) is 93.6 Å². The normalized spacial score (nSPS) is 26.5. The molecule has 0 saturated heterocycles. The zero-order chi connectivity index (χ0) is 18.3. The third-order valence-corrected chi connectivity index (χ3v) is 7.66. The van der Waals surface area contributed by atoms with Crippen LogP contribution < -0.4 is 4.74 Å². The first-order chi connectivity index (χ1) is 10.8. The third kappa shape index (κ3) is 2.12. The lowest BCUT2D eigenvalue weighted by molar-refractivity contribution is -0.0574. The fraction of sp³-hybridized carbons (Fsp3) is 0.739. The number of rotatable bonds is 0. The molecule has 2 aliphatic rings. The molecule has 1 atom stereocenters. The highest BCUT2D eigenvalue weighted by atomic mass is 16.5. The van der Waals surface area contributed by atoms with Crippen molar-refractivity contribution in [3.8, 4) is 5.75 Å². The van der Waals surface area contributed by atoms with Gasteiger partial charge in [0.1, 0.15) is 11.4 Å². The van der Waals surface area contributed by atoms with Gasteiger partial charge in [0, 0.05) is 11.0 Å². The summed E-state index contributed by atoms with van der Waals surface area (Å²) < 4.78 is 6.92. The molecule has 1 aromatic rings. The lowest BCUT2D eigenvalue weighted by Gasteiger charge is -2.52. The maximum Gasteiger partial charge on any atom is 0.127 e. The smallest absolute Gasteiger partial charge is 0.127 e. The van der Waals surface area contributed by atoms with Gasteiger partial charge in [-0.3, -0.25) is 0 Å². The van der Waals surface area contributed by atoms with Gasteiger partial charge < -0.3 is 4.74 Å². The summed E-state index contributed by atoms with van der Waals surface area (Å²) in [6, 6.07) is 2.37. The van der Waals surface area contributed by atoms with Crippen LogP contribution in [0.1, 0.15) is 89.5 Å². The predicted octanol–water partition coefficient (Wildman–Crippen LogP) is 6.72. The van der Waals surface area contributed by atoms with Crippen molar-refractivity contribution in [2.75, 3.05) is 0 Å². The molecule has 1 unspecified atom stereocenters. The van der Waals surface area contributed by atoms with Crippen LogP contribution in [0.2, 0.25) is 0 Å². The summed E-state index contributed by atoms with van der Waals surface area (Å²) in [4.78, 5) is 0. The van der Waals surface area contributed by atoms with Crippen LogP contribution in [0.25, 0.3) is 0 Å². The van der Waals surface area contributed by atoms with Crippen molar-refractivity contribution in [3.05, 3.63) is 28.3 Å². The van der Waals surface area contributed by atoms with E-state index in [1.807, 2.05) is 0 Å². The molecule has 1 nitrogen and oxygen atoms in total. The van der Waals surface area contributed by atoms with Gasteiger partial charge in [0.2, 0.25) is 0 Å². The Kier molecular flexibility index (Phi) is 3.57. The summed E-state index contributed by atoms with van der Waals surface area (Å²) >= 11 is 0. The number of benzene rings is 1. The average Bonchev–Trinajstić information content (AvgIpc) is 3.19. The van der Waals surface area contributed by atoms with E-state index in [4.69, 9.17) is 4.74 Å². The van der Waals surface area contributed by atoms with Gasteiger partial charge in [-0.05, 0) is 67.1 Å². The van der Waals surface area contributed by atoms with E-state index in [0.717, 1.165) is 0 Å². The summed E-state index contributed by atoms with van der Waals surface area (Å²) in [5.74, 6) is 1.66. The molecule has 0 aromatic heterocycles. The summed E-state index contributed by atoms with van der Waals surface area (Å²) in [5, 5.41) is 0. The molecule has 1 fully saturated rings. The fourth-order valence-electron chi connectivity index (χ4n) is 5.55. The van der Waals surface area contributed by atoms with E-state index < -0.39 is 0 Å². The van der Waals surface area contributed by atoms with Gasteiger partial charge >= 0.3 is 0 Å². The maximum absolute atomic E-state index is 6.92. The number of ether oxygens (including phenoxy) is 1. The van der Waals surface area contributed by atoms with E-state index >= 15 is 0 Å². The summed E-state index contributed by atoms with van der Waals surface area (Å²) in [7, 11) is 0. The maximum atomic E-state index is 6.92. The van der Waals surface area contributed by atoms with E-state index in [2.05, 4.69) is 75.3 Å². The second kappa shape index (κ2) is 4.80. The average molecular weight is 329 g/mol. The van der Waals surface area contributed by atoms with Crippen LogP contribution in [0.4, 0.5) is 0 Å². The van der Waals surface area contributed by atoms with Crippen LogP contribution in [-0.2, 0) is 0 Å². The van der Waals surface area contributed by atoms with Gasteiger partial charge in [-0.1, -0.05) is 54.5 Å². The molecule has 1 aromatic carbocycles. The molecule has 1 heteroatoms. The van der Waals surface area contributed by atoms with E-state index in [0.29, 0.717) is 5.92 Å². The van der Waals surface area contributed by atoms with Crippen LogP contribution in [0.15, 0.2) is 6.07 Å². The Labute approximate surface area is 149 Å². The van der Waals surface area contributed by atoms with Crippen molar-refractivity contribution in [1.29, 1.82) is 0 Å². The highest BCUT2D eigenvalue weighted by molar-refractivity contribution is 5.54. The molecule has 24 heavy (non-hydrogen) atoms. The van der Waals surface area contributed by atoms with Gasteiger partial charge in [0.25, 0.3) is 0 Å². The first kappa shape index (κ1) is 17.8. The quantitative estimate of drug-likeness (QED) is 0.513. The Balaban J connectivity index is 2.40. The van der Waals surface area contributed by atoms with Crippen LogP contribution >= 0.6 is 0 Å². The molecular formula is C23H36O. The Bertz CT molecular complexity index is 681. The monoisotopic (exact) mass is 328 g/mol. The zero-order valence-electron chi connectivity index (χ0n) is 17.5. The minimum absolute atomic E-state index is 0.0102. The predicted molar refractivity (Wildman–Crippen MR) is 103 cm³/mol. The molecule has 0 amide bonds. The third-order valence-electron chi connectivity index (χ3n) is 7.66. The fourth-order valence-corrected chi connectivity index (χ4v) is 5.55. The first-order valence-corrected chi connectivity index (χ1v) is 9.56. The minimum atomic E-state index is 0.0102. The van der Waals surface area contributed by atoms with E-state index in [9.17, 15) is 0 Å². The number of hydrogen-bond donors (Lipinski definition) is 0. The first-order valence-electron chi connectivity index (χ1n) is 9.56. The van der Waals surface area contributed by atoms with Gasteiger partial charge in [-0.25, -0.2) is 0 Å². The van der Waals surface area contributed by atoms with E-state index in [-0.39, 0.29) is 21.8 Å².